The summed E-state index contributed by atoms with van der Waals surface area (Å²) in [5, 5.41) is 0. The maximum Gasteiger partial charge on any atom is 0.0263 e. The van der Waals surface area contributed by atoms with Gasteiger partial charge in [0.1, 0.15) is 0 Å². The van der Waals surface area contributed by atoms with E-state index in [2.05, 4.69) is 16.7 Å². The minimum atomic E-state index is 0.372. The van der Waals surface area contributed by atoms with E-state index in [1.165, 1.54) is 64.7 Å². The quantitative estimate of drug-likeness (QED) is 0.810. The zero-order valence-corrected chi connectivity index (χ0v) is 11.9. The van der Waals surface area contributed by atoms with Crippen molar-refractivity contribution in [1.82, 2.24) is 9.80 Å². The third kappa shape index (κ3) is 2.45. The van der Waals surface area contributed by atoms with Crippen molar-refractivity contribution >= 4 is 0 Å². The molecule has 3 aliphatic heterocycles. The van der Waals surface area contributed by atoms with Crippen molar-refractivity contribution in [2.45, 2.75) is 63.6 Å². The Hall–Kier alpha value is -0.120. The van der Waals surface area contributed by atoms with E-state index in [4.69, 9.17) is 5.73 Å². The van der Waals surface area contributed by atoms with Gasteiger partial charge in [0, 0.05) is 31.2 Å². The molecule has 0 spiro atoms. The molecular formula is C15H29N3. The Bertz CT molecular complexity index is 279. The summed E-state index contributed by atoms with van der Waals surface area (Å²) in [5.41, 5.74) is 6.12. The van der Waals surface area contributed by atoms with Gasteiger partial charge >= 0.3 is 0 Å². The van der Waals surface area contributed by atoms with E-state index in [0.717, 1.165) is 18.0 Å². The van der Waals surface area contributed by atoms with Crippen LogP contribution in [0.25, 0.3) is 0 Å². The van der Waals surface area contributed by atoms with E-state index in [0.29, 0.717) is 6.04 Å². The summed E-state index contributed by atoms with van der Waals surface area (Å²) in [5.74, 6) is 0.733. The first-order valence-corrected chi connectivity index (χ1v) is 7.99. The fourth-order valence-corrected chi connectivity index (χ4v) is 4.42. The number of hydrogen-bond acceptors (Lipinski definition) is 3. The lowest BCUT2D eigenvalue weighted by atomic mass is 9.89. The lowest BCUT2D eigenvalue weighted by Crippen LogP contribution is -2.52. The third-order valence-corrected chi connectivity index (χ3v) is 5.52. The summed E-state index contributed by atoms with van der Waals surface area (Å²) in [6, 6.07) is 2.08. The van der Waals surface area contributed by atoms with Crippen LogP contribution < -0.4 is 5.73 Å². The molecular weight excluding hydrogens is 222 g/mol. The Kier molecular flexibility index (Phi) is 3.92. The van der Waals surface area contributed by atoms with Crippen LogP contribution >= 0.6 is 0 Å². The molecule has 0 radical (unpaired) electrons. The van der Waals surface area contributed by atoms with Crippen LogP contribution in [0.4, 0.5) is 0 Å². The molecule has 3 fully saturated rings. The fourth-order valence-electron chi connectivity index (χ4n) is 4.42. The molecule has 3 heteroatoms. The van der Waals surface area contributed by atoms with Gasteiger partial charge in [-0.3, -0.25) is 9.80 Å². The van der Waals surface area contributed by atoms with Crippen molar-refractivity contribution in [1.29, 1.82) is 0 Å². The number of fused-ring (bicyclic) bond motifs is 1. The van der Waals surface area contributed by atoms with E-state index in [1.807, 2.05) is 0 Å². The second kappa shape index (κ2) is 5.48. The molecule has 4 unspecified atom stereocenters. The highest BCUT2D eigenvalue weighted by Gasteiger charge is 2.40. The van der Waals surface area contributed by atoms with Crippen LogP contribution in [0.2, 0.25) is 0 Å². The second-order valence-corrected chi connectivity index (χ2v) is 6.71. The smallest absolute Gasteiger partial charge is 0.0263 e. The molecule has 0 bridgehead atoms. The minimum Gasteiger partial charge on any atom is -0.328 e. The maximum atomic E-state index is 6.12. The molecule has 3 rings (SSSR count). The van der Waals surface area contributed by atoms with Gasteiger partial charge in [-0.2, -0.15) is 0 Å². The van der Waals surface area contributed by atoms with Crippen LogP contribution in [0.1, 0.15) is 45.4 Å². The number of nitrogens with two attached hydrogens (primary N) is 1. The van der Waals surface area contributed by atoms with Crippen LogP contribution in [-0.2, 0) is 0 Å². The van der Waals surface area contributed by atoms with Crippen molar-refractivity contribution in [2.24, 2.45) is 11.7 Å². The molecule has 0 aromatic rings. The predicted molar refractivity (Wildman–Crippen MR) is 75.6 cm³/mol. The Balaban J connectivity index is 1.63. The normalized spacial score (nSPS) is 40.7. The highest BCUT2D eigenvalue weighted by molar-refractivity contribution is 4.97. The van der Waals surface area contributed by atoms with E-state index in [1.54, 1.807) is 0 Å². The first kappa shape index (κ1) is 12.9. The first-order chi connectivity index (χ1) is 8.75. The van der Waals surface area contributed by atoms with Gasteiger partial charge in [0.25, 0.3) is 0 Å². The van der Waals surface area contributed by atoms with Gasteiger partial charge < -0.3 is 5.73 Å². The molecule has 0 aliphatic carbocycles. The third-order valence-electron chi connectivity index (χ3n) is 5.52. The highest BCUT2D eigenvalue weighted by Crippen LogP contribution is 2.33. The summed E-state index contributed by atoms with van der Waals surface area (Å²) >= 11 is 0. The second-order valence-electron chi connectivity index (χ2n) is 6.71. The van der Waals surface area contributed by atoms with Crippen molar-refractivity contribution in [3.63, 3.8) is 0 Å². The monoisotopic (exact) mass is 251 g/mol. The van der Waals surface area contributed by atoms with E-state index < -0.39 is 0 Å². The lowest BCUT2D eigenvalue weighted by molar-refractivity contribution is 0.0735. The van der Waals surface area contributed by atoms with Gasteiger partial charge in [0.2, 0.25) is 0 Å². The molecule has 104 valence electrons. The number of hydrogen-bond donors (Lipinski definition) is 1. The molecule has 0 aromatic carbocycles. The van der Waals surface area contributed by atoms with Gasteiger partial charge in [0.15, 0.2) is 0 Å². The Morgan fingerprint density at radius 3 is 2.50 bits per heavy atom. The van der Waals surface area contributed by atoms with Crippen LogP contribution in [-0.4, -0.2) is 54.1 Å². The summed E-state index contributed by atoms with van der Waals surface area (Å²) < 4.78 is 0. The van der Waals surface area contributed by atoms with Gasteiger partial charge in [-0.25, -0.2) is 0 Å². The topological polar surface area (TPSA) is 32.5 Å². The summed E-state index contributed by atoms with van der Waals surface area (Å²) in [7, 11) is 0. The van der Waals surface area contributed by atoms with Gasteiger partial charge in [-0.05, 0) is 58.0 Å². The van der Waals surface area contributed by atoms with Crippen LogP contribution in [0.15, 0.2) is 0 Å². The van der Waals surface area contributed by atoms with Crippen molar-refractivity contribution in [2.75, 3.05) is 26.2 Å². The molecule has 0 aromatic heterocycles. The maximum absolute atomic E-state index is 6.12. The number of piperidine rings is 2. The molecule has 2 N–H and O–H groups in total. The average Bonchev–Trinajstić information content (AvgIpc) is 2.82. The average molecular weight is 251 g/mol. The molecule has 0 amide bonds. The van der Waals surface area contributed by atoms with Gasteiger partial charge in [-0.1, -0.05) is 6.42 Å². The van der Waals surface area contributed by atoms with Crippen molar-refractivity contribution in [3.8, 4) is 0 Å². The molecule has 3 nitrogen and oxygen atoms in total. The predicted octanol–water partition coefficient (Wildman–Crippen LogP) is 1.67. The summed E-state index contributed by atoms with van der Waals surface area (Å²) in [6.45, 7) is 7.46. The number of rotatable bonds is 2. The molecule has 3 heterocycles. The lowest BCUT2D eigenvalue weighted by Gasteiger charge is -2.42. The molecule has 4 atom stereocenters. The Labute approximate surface area is 112 Å². The molecule has 3 aliphatic rings. The Morgan fingerprint density at radius 2 is 1.67 bits per heavy atom. The standard InChI is InChI=1S/C15H29N3/c1-12(16)13-5-4-9-18(11-13)15-7-10-17-8-3-2-6-14(15)17/h12-15H,2-11,16H2,1H3. The number of nitrogens with zero attached hydrogens (tertiary/aromatic N) is 2. The Morgan fingerprint density at radius 1 is 0.889 bits per heavy atom. The van der Waals surface area contributed by atoms with E-state index in [-0.39, 0.29) is 0 Å². The molecule has 0 saturated carbocycles. The summed E-state index contributed by atoms with van der Waals surface area (Å²) in [6.07, 6.45) is 8.40. The SMILES string of the molecule is CC(N)C1CCCN(C2CCN3CCCCC23)C1. The van der Waals surface area contributed by atoms with Crippen molar-refractivity contribution in [3.05, 3.63) is 0 Å². The first-order valence-electron chi connectivity index (χ1n) is 7.99. The summed E-state index contributed by atoms with van der Waals surface area (Å²) in [4.78, 5) is 5.54. The zero-order valence-electron chi connectivity index (χ0n) is 11.9. The van der Waals surface area contributed by atoms with E-state index in [9.17, 15) is 0 Å². The van der Waals surface area contributed by atoms with Crippen molar-refractivity contribution < 1.29 is 0 Å². The van der Waals surface area contributed by atoms with Crippen LogP contribution in [0, 0.1) is 5.92 Å². The minimum absolute atomic E-state index is 0.372. The van der Waals surface area contributed by atoms with Gasteiger partial charge in [0.05, 0.1) is 0 Å². The molecule has 3 saturated heterocycles. The van der Waals surface area contributed by atoms with Crippen LogP contribution in [0.5, 0.6) is 0 Å². The zero-order chi connectivity index (χ0) is 12.5. The number of likely N-dealkylation sites (tertiary alicyclic amines) is 1. The van der Waals surface area contributed by atoms with E-state index >= 15 is 0 Å². The largest absolute Gasteiger partial charge is 0.328 e. The van der Waals surface area contributed by atoms with Crippen LogP contribution in [0.3, 0.4) is 0 Å². The highest BCUT2D eigenvalue weighted by atomic mass is 15.3. The fraction of sp³-hybridized carbons (Fsp3) is 1.00. The van der Waals surface area contributed by atoms with Gasteiger partial charge in [-0.15, -0.1) is 0 Å². The molecule has 18 heavy (non-hydrogen) atoms.